The van der Waals surface area contributed by atoms with Crippen LogP contribution in [-0.4, -0.2) is 33.0 Å². The van der Waals surface area contributed by atoms with Crippen LogP contribution in [0.4, 0.5) is 5.13 Å². The third-order valence-electron chi connectivity index (χ3n) is 2.98. The van der Waals surface area contributed by atoms with E-state index in [4.69, 9.17) is 10.9 Å². The van der Waals surface area contributed by atoms with E-state index >= 15 is 0 Å². The summed E-state index contributed by atoms with van der Waals surface area (Å²) in [4.78, 5) is 6.73. The highest BCUT2D eigenvalue weighted by atomic mass is 32.1. The molecule has 1 aliphatic carbocycles. The van der Waals surface area contributed by atoms with Gasteiger partial charge in [-0.25, -0.2) is 4.98 Å². The van der Waals surface area contributed by atoms with E-state index in [9.17, 15) is 0 Å². The minimum Gasteiger partial charge on any atom is -0.409 e. The van der Waals surface area contributed by atoms with E-state index in [1.807, 2.05) is 0 Å². The first-order valence-corrected chi connectivity index (χ1v) is 6.95. The fourth-order valence-electron chi connectivity index (χ4n) is 1.71. The maximum Gasteiger partial charge on any atom is 0.205 e. The zero-order valence-electron chi connectivity index (χ0n) is 10.7. The smallest absolute Gasteiger partial charge is 0.205 e. The summed E-state index contributed by atoms with van der Waals surface area (Å²) in [6, 6.07) is 0.316. The van der Waals surface area contributed by atoms with Crippen LogP contribution in [0, 0.1) is 0 Å². The number of nitrogens with two attached hydrogens (primary N) is 1. The van der Waals surface area contributed by atoms with E-state index in [2.05, 4.69) is 33.3 Å². The Morgan fingerprint density at radius 1 is 1.61 bits per heavy atom. The fourth-order valence-corrected chi connectivity index (χ4v) is 2.62. The molecule has 1 aromatic rings. The van der Waals surface area contributed by atoms with Crippen molar-refractivity contribution in [2.24, 2.45) is 10.9 Å². The van der Waals surface area contributed by atoms with Crippen LogP contribution in [0.25, 0.3) is 0 Å². The number of amidine groups is 1. The molecule has 0 aliphatic heterocycles. The molecule has 2 rings (SSSR count). The van der Waals surface area contributed by atoms with Gasteiger partial charge in [0.1, 0.15) is 11.7 Å². The van der Waals surface area contributed by atoms with Crippen molar-refractivity contribution in [2.45, 2.75) is 45.1 Å². The van der Waals surface area contributed by atoms with Crippen molar-refractivity contribution in [1.82, 2.24) is 9.36 Å². The predicted molar refractivity (Wildman–Crippen MR) is 72.4 cm³/mol. The number of rotatable bonds is 6. The molecule has 0 unspecified atom stereocenters. The third kappa shape index (κ3) is 3.10. The number of oxime groups is 1. The van der Waals surface area contributed by atoms with Gasteiger partial charge in [0.15, 0.2) is 0 Å². The maximum atomic E-state index is 8.56. The number of anilines is 1. The monoisotopic (exact) mass is 269 g/mol. The van der Waals surface area contributed by atoms with Gasteiger partial charge in [0.25, 0.3) is 0 Å². The van der Waals surface area contributed by atoms with Gasteiger partial charge in [-0.05, 0) is 26.7 Å². The maximum absolute atomic E-state index is 8.56. The van der Waals surface area contributed by atoms with Crippen molar-refractivity contribution in [3.8, 4) is 0 Å². The van der Waals surface area contributed by atoms with E-state index in [0.29, 0.717) is 24.9 Å². The van der Waals surface area contributed by atoms with Gasteiger partial charge < -0.3 is 15.8 Å². The van der Waals surface area contributed by atoms with E-state index in [1.54, 1.807) is 0 Å². The highest BCUT2D eigenvalue weighted by Crippen LogP contribution is 2.39. The van der Waals surface area contributed by atoms with Gasteiger partial charge in [-0.15, -0.1) is 0 Å². The molecular formula is C11H19N5OS. The zero-order valence-corrected chi connectivity index (χ0v) is 11.5. The molecule has 1 fully saturated rings. The van der Waals surface area contributed by atoms with E-state index in [1.165, 1.54) is 24.4 Å². The average Bonchev–Trinajstić information content (AvgIpc) is 3.09. The van der Waals surface area contributed by atoms with E-state index < -0.39 is 0 Å². The molecule has 0 radical (unpaired) electrons. The fraction of sp³-hybridized carbons (Fsp3) is 0.727. The number of hydrogen-bond acceptors (Lipinski definition) is 6. The van der Waals surface area contributed by atoms with E-state index in [-0.39, 0.29) is 5.84 Å². The average molecular weight is 269 g/mol. The van der Waals surface area contributed by atoms with Crippen LogP contribution >= 0.6 is 11.5 Å². The minimum atomic E-state index is 0.243. The van der Waals surface area contributed by atoms with Gasteiger partial charge in [0.05, 0.1) is 0 Å². The first-order chi connectivity index (χ1) is 8.61. The van der Waals surface area contributed by atoms with Gasteiger partial charge in [0.2, 0.25) is 5.13 Å². The largest absolute Gasteiger partial charge is 0.409 e. The van der Waals surface area contributed by atoms with Gasteiger partial charge >= 0.3 is 0 Å². The van der Waals surface area contributed by atoms with Gasteiger partial charge in [-0.2, -0.15) is 4.37 Å². The predicted octanol–water partition coefficient (Wildman–Crippen LogP) is 1.77. The lowest BCUT2D eigenvalue weighted by Crippen LogP contribution is -2.34. The molecule has 3 N–H and O–H groups in total. The molecule has 100 valence electrons. The second kappa shape index (κ2) is 5.51. The summed E-state index contributed by atoms with van der Waals surface area (Å²) in [5.74, 6) is 1.80. The third-order valence-corrected chi connectivity index (χ3v) is 3.75. The number of nitrogens with zero attached hydrogens (tertiary/aromatic N) is 4. The molecule has 6 nitrogen and oxygen atoms in total. The summed E-state index contributed by atoms with van der Waals surface area (Å²) < 4.78 is 4.41. The van der Waals surface area contributed by atoms with Crippen molar-refractivity contribution in [1.29, 1.82) is 0 Å². The second-order valence-electron chi connectivity index (χ2n) is 4.84. The summed E-state index contributed by atoms with van der Waals surface area (Å²) in [6.45, 7) is 4.89. The highest BCUT2D eigenvalue weighted by Gasteiger charge is 2.28. The Morgan fingerprint density at radius 3 is 2.89 bits per heavy atom. The second-order valence-corrected chi connectivity index (χ2v) is 5.57. The lowest BCUT2D eigenvalue weighted by molar-refractivity contribution is 0.317. The lowest BCUT2D eigenvalue weighted by atomic mass is 10.3. The summed E-state index contributed by atoms with van der Waals surface area (Å²) in [7, 11) is 0. The quantitative estimate of drug-likeness (QED) is 0.355. The normalized spacial score (nSPS) is 16.3. The van der Waals surface area contributed by atoms with Crippen LogP contribution in [-0.2, 0) is 0 Å². The minimum absolute atomic E-state index is 0.243. The lowest BCUT2D eigenvalue weighted by Gasteiger charge is -2.25. The molecule has 0 bridgehead atoms. The molecule has 1 heterocycles. The van der Waals surface area contributed by atoms with Gasteiger partial charge in [0, 0.05) is 36.5 Å². The van der Waals surface area contributed by atoms with Gasteiger partial charge in [-0.3, -0.25) is 0 Å². The first kappa shape index (κ1) is 13.1. The summed E-state index contributed by atoms with van der Waals surface area (Å²) in [5.41, 5.74) is 5.50. The standard InChI is InChI=1S/C11H19N5OS/c1-7(2)16(6-5-9(12)14-17)11-13-10(15-18-11)8-3-4-8/h7-8,17H,3-6H2,1-2H3,(H2,12,14). The van der Waals surface area contributed by atoms with Crippen LogP contribution in [0.15, 0.2) is 5.16 Å². The Morgan fingerprint density at radius 2 is 2.33 bits per heavy atom. The highest BCUT2D eigenvalue weighted by molar-refractivity contribution is 7.09. The molecule has 0 amide bonds. The zero-order chi connectivity index (χ0) is 13.1. The van der Waals surface area contributed by atoms with Crippen molar-refractivity contribution < 1.29 is 5.21 Å². The molecule has 0 saturated heterocycles. The topological polar surface area (TPSA) is 87.6 Å². The molecule has 0 aromatic carbocycles. The first-order valence-electron chi connectivity index (χ1n) is 6.18. The van der Waals surface area contributed by atoms with Crippen LogP contribution < -0.4 is 10.6 Å². The number of hydrogen-bond donors (Lipinski definition) is 2. The van der Waals surface area contributed by atoms with Crippen LogP contribution in [0.1, 0.15) is 44.9 Å². The van der Waals surface area contributed by atoms with Crippen LogP contribution in [0.3, 0.4) is 0 Å². The molecule has 1 saturated carbocycles. The van der Waals surface area contributed by atoms with Gasteiger partial charge in [-0.1, -0.05) is 5.16 Å². The Kier molecular flexibility index (Phi) is 4.00. The molecule has 0 atom stereocenters. The molecule has 1 aliphatic rings. The number of aromatic nitrogens is 2. The van der Waals surface area contributed by atoms with Crippen molar-refractivity contribution in [2.75, 3.05) is 11.4 Å². The molecule has 1 aromatic heterocycles. The van der Waals surface area contributed by atoms with Crippen LogP contribution in [0.5, 0.6) is 0 Å². The van der Waals surface area contributed by atoms with E-state index in [0.717, 1.165) is 11.0 Å². The Bertz CT molecular complexity index is 427. The summed E-state index contributed by atoms with van der Waals surface area (Å²) in [5, 5.41) is 12.5. The van der Waals surface area contributed by atoms with Crippen molar-refractivity contribution in [3.05, 3.63) is 5.82 Å². The summed E-state index contributed by atoms with van der Waals surface area (Å²) in [6.07, 6.45) is 2.94. The molecule has 0 spiro atoms. The SMILES string of the molecule is CC(C)N(CCC(N)=NO)c1nc(C2CC2)ns1. The Balaban J connectivity index is 2.03. The Hall–Kier alpha value is -1.37. The van der Waals surface area contributed by atoms with Crippen molar-refractivity contribution in [3.63, 3.8) is 0 Å². The van der Waals surface area contributed by atoms with Crippen LogP contribution in [0.2, 0.25) is 0 Å². The molecule has 18 heavy (non-hydrogen) atoms. The van der Waals surface area contributed by atoms with Crippen molar-refractivity contribution >= 4 is 22.5 Å². The Labute approximate surface area is 111 Å². The molecule has 7 heteroatoms. The summed E-state index contributed by atoms with van der Waals surface area (Å²) >= 11 is 1.44. The molecular weight excluding hydrogens is 250 g/mol.